The molecule has 0 saturated carbocycles. The van der Waals surface area contributed by atoms with Gasteiger partial charge in [0.05, 0.1) is 23.1 Å². The maximum Gasteiger partial charge on any atom is 0.324 e. The van der Waals surface area contributed by atoms with Gasteiger partial charge in [-0.3, -0.25) is 14.9 Å². The van der Waals surface area contributed by atoms with Crippen molar-refractivity contribution in [2.75, 3.05) is 20.1 Å². The van der Waals surface area contributed by atoms with Gasteiger partial charge in [-0.1, -0.05) is 56.3 Å². The first-order valence-electron chi connectivity index (χ1n) is 14.4. The summed E-state index contributed by atoms with van der Waals surface area (Å²) in [6, 6.07) is 14.8. The van der Waals surface area contributed by atoms with Crippen molar-refractivity contribution in [2.24, 2.45) is 5.92 Å². The SMILES string of the molecule is CCN(CC[C@H]1CCC(c2nc3c(-c4ccccc4)cccc3[nH]2)N1C(=O)NC(=O)C(C)NC)C(=O)CC(C)C. The number of imidazole rings is 1. The minimum Gasteiger partial charge on any atom is -0.343 e. The molecule has 214 valence electrons. The van der Waals surface area contributed by atoms with E-state index in [4.69, 9.17) is 4.98 Å². The van der Waals surface area contributed by atoms with Crippen molar-refractivity contribution in [3.05, 3.63) is 54.4 Å². The number of H-pyrrole nitrogens is 1. The van der Waals surface area contributed by atoms with Crippen LogP contribution in [0.1, 0.15) is 65.2 Å². The van der Waals surface area contributed by atoms with Gasteiger partial charge in [0.1, 0.15) is 5.82 Å². The third kappa shape index (κ3) is 6.53. The summed E-state index contributed by atoms with van der Waals surface area (Å²) in [6.45, 7) is 8.96. The molecule has 1 aliphatic heterocycles. The molecule has 3 aromatic rings. The standard InChI is InChI=1S/C31H42N6O3/c1-6-36(27(38)19-20(2)3)18-17-23-15-16-26(37(23)31(40)35-30(39)21(4)32-5)29-33-25-14-10-13-24(28(25)34-29)22-11-8-7-9-12-22/h7-14,20-21,23,26,32H,6,15-19H2,1-5H3,(H,33,34)(H,35,39,40)/t21?,23-,26?/m1/s1. The van der Waals surface area contributed by atoms with Crippen molar-refractivity contribution >= 4 is 28.9 Å². The van der Waals surface area contributed by atoms with Crippen LogP contribution in [0.25, 0.3) is 22.2 Å². The molecule has 1 fully saturated rings. The van der Waals surface area contributed by atoms with Crippen LogP contribution in [0.4, 0.5) is 4.79 Å². The quantitative estimate of drug-likeness (QED) is 0.336. The first-order valence-corrected chi connectivity index (χ1v) is 14.4. The van der Waals surface area contributed by atoms with Gasteiger partial charge in [-0.25, -0.2) is 9.78 Å². The number of para-hydroxylation sites is 1. The van der Waals surface area contributed by atoms with Crippen LogP contribution >= 0.6 is 0 Å². The number of urea groups is 1. The van der Waals surface area contributed by atoms with Gasteiger partial charge in [-0.05, 0) is 57.7 Å². The lowest BCUT2D eigenvalue weighted by Gasteiger charge is -2.31. The molecule has 0 bridgehead atoms. The monoisotopic (exact) mass is 546 g/mol. The van der Waals surface area contributed by atoms with Crippen molar-refractivity contribution in [3.8, 4) is 11.1 Å². The second kappa shape index (κ2) is 13.1. The second-order valence-electron chi connectivity index (χ2n) is 11.0. The van der Waals surface area contributed by atoms with Crippen LogP contribution in [0.3, 0.4) is 0 Å². The number of imide groups is 1. The maximum atomic E-state index is 13.6. The van der Waals surface area contributed by atoms with Gasteiger partial charge < -0.3 is 20.1 Å². The highest BCUT2D eigenvalue weighted by Gasteiger charge is 2.40. The maximum absolute atomic E-state index is 13.6. The van der Waals surface area contributed by atoms with Crippen molar-refractivity contribution in [1.29, 1.82) is 0 Å². The van der Waals surface area contributed by atoms with Crippen molar-refractivity contribution in [2.45, 2.75) is 71.5 Å². The fraction of sp³-hybridized carbons (Fsp3) is 0.484. The van der Waals surface area contributed by atoms with E-state index in [1.807, 2.05) is 56.0 Å². The van der Waals surface area contributed by atoms with Crippen LogP contribution in [0.15, 0.2) is 48.5 Å². The number of aromatic nitrogens is 2. The molecule has 1 aliphatic rings. The number of aromatic amines is 1. The molecule has 9 nitrogen and oxygen atoms in total. The fourth-order valence-corrected chi connectivity index (χ4v) is 5.45. The van der Waals surface area contributed by atoms with E-state index >= 15 is 0 Å². The van der Waals surface area contributed by atoms with Crippen molar-refractivity contribution in [1.82, 2.24) is 30.4 Å². The van der Waals surface area contributed by atoms with Gasteiger partial charge in [-0.2, -0.15) is 0 Å². The average molecular weight is 547 g/mol. The van der Waals surface area contributed by atoms with Crippen LogP contribution in [-0.2, 0) is 9.59 Å². The third-order valence-corrected chi connectivity index (χ3v) is 7.77. The molecule has 3 atom stereocenters. The Morgan fingerprint density at radius 1 is 1.07 bits per heavy atom. The van der Waals surface area contributed by atoms with E-state index in [0.29, 0.717) is 38.2 Å². The summed E-state index contributed by atoms with van der Waals surface area (Å²) in [4.78, 5) is 51.1. The number of likely N-dealkylation sites (N-methyl/N-ethyl adjacent to an activating group) is 1. The molecule has 4 rings (SSSR count). The Morgan fingerprint density at radius 3 is 2.50 bits per heavy atom. The van der Waals surface area contributed by atoms with Crippen LogP contribution in [0.2, 0.25) is 0 Å². The van der Waals surface area contributed by atoms with Gasteiger partial charge in [0.2, 0.25) is 11.8 Å². The smallest absolute Gasteiger partial charge is 0.324 e. The molecule has 2 unspecified atom stereocenters. The summed E-state index contributed by atoms with van der Waals surface area (Å²) in [5.41, 5.74) is 3.84. The Labute approximate surface area is 236 Å². The van der Waals surface area contributed by atoms with Gasteiger partial charge in [0, 0.05) is 31.1 Å². The van der Waals surface area contributed by atoms with Crippen LogP contribution in [-0.4, -0.2) is 69.8 Å². The molecule has 9 heteroatoms. The molecular weight excluding hydrogens is 504 g/mol. The predicted molar refractivity (Wildman–Crippen MR) is 158 cm³/mol. The minimum atomic E-state index is -0.507. The molecule has 0 radical (unpaired) electrons. The summed E-state index contributed by atoms with van der Waals surface area (Å²) >= 11 is 0. The Morgan fingerprint density at radius 2 is 1.82 bits per heavy atom. The van der Waals surface area contributed by atoms with E-state index in [-0.39, 0.29) is 29.8 Å². The number of benzene rings is 2. The van der Waals surface area contributed by atoms with Crippen molar-refractivity contribution < 1.29 is 14.4 Å². The number of fused-ring (bicyclic) bond motifs is 1. The summed E-state index contributed by atoms with van der Waals surface area (Å²) in [6.07, 6.45) is 2.60. The highest BCUT2D eigenvalue weighted by Crippen LogP contribution is 2.38. The topological polar surface area (TPSA) is 110 Å². The number of nitrogens with one attached hydrogen (secondary N) is 3. The summed E-state index contributed by atoms with van der Waals surface area (Å²) in [7, 11) is 1.68. The predicted octanol–water partition coefficient (Wildman–Crippen LogP) is 4.86. The Kier molecular flexibility index (Phi) is 9.58. The average Bonchev–Trinajstić information content (AvgIpc) is 3.57. The van der Waals surface area contributed by atoms with E-state index in [2.05, 4.69) is 33.8 Å². The molecule has 3 N–H and O–H groups in total. The van der Waals surface area contributed by atoms with E-state index in [1.165, 1.54) is 0 Å². The zero-order valence-corrected chi connectivity index (χ0v) is 24.2. The minimum absolute atomic E-state index is 0.131. The lowest BCUT2D eigenvalue weighted by atomic mass is 10.0. The number of carbonyl (C=O) groups excluding carboxylic acids is 3. The molecule has 1 aromatic heterocycles. The Hall–Kier alpha value is -3.72. The Balaban J connectivity index is 1.62. The van der Waals surface area contributed by atoms with Gasteiger partial charge in [0.25, 0.3) is 0 Å². The summed E-state index contributed by atoms with van der Waals surface area (Å²) in [5.74, 6) is 0.740. The molecule has 0 spiro atoms. The number of amides is 4. The molecule has 2 aromatic carbocycles. The summed E-state index contributed by atoms with van der Waals surface area (Å²) in [5, 5.41) is 5.47. The van der Waals surface area contributed by atoms with Gasteiger partial charge >= 0.3 is 6.03 Å². The lowest BCUT2D eigenvalue weighted by Crippen LogP contribution is -2.51. The van der Waals surface area contributed by atoms with Gasteiger partial charge in [0.15, 0.2) is 0 Å². The normalized spacial score (nSPS) is 17.8. The number of hydrogen-bond acceptors (Lipinski definition) is 5. The van der Waals surface area contributed by atoms with E-state index in [1.54, 1.807) is 18.9 Å². The molecule has 1 saturated heterocycles. The lowest BCUT2D eigenvalue weighted by molar-refractivity contribution is -0.132. The number of rotatable bonds is 10. The van der Waals surface area contributed by atoms with Crippen LogP contribution in [0.5, 0.6) is 0 Å². The largest absolute Gasteiger partial charge is 0.343 e. The van der Waals surface area contributed by atoms with Crippen LogP contribution < -0.4 is 10.6 Å². The summed E-state index contributed by atoms with van der Waals surface area (Å²) < 4.78 is 0. The number of carbonyl (C=O) groups is 3. The van der Waals surface area contributed by atoms with Crippen LogP contribution in [0, 0.1) is 5.92 Å². The zero-order chi connectivity index (χ0) is 28.8. The third-order valence-electron chi connectivity index (χ3n) is 7.77. The van der Waals surface area contributed by atoms with E-state index in [0.717, 1.165) is 28.6 Å². The molecular formula is C31H42N6O3. The highest BCUT2D eigenvalue weighted by molar-refractivity contribution is 5.97. The van der Waals surface area contributed by atoms with E-state index < -0.39 is 12.1 Å². The molecule has 40 heavy (non-hydrogen) atoms. The fourth-order valence-electron chi connectivity index (χ4n) is 5.45. The molecule has 2 heterocycles. The number of hydrogen-bond donors (Lipinski definition) is 3. The first kappa shape index (κ1) is 29.3. The second-order valence-corrected chi connectivity index (χ2v) is 11.0. The zero-order valence-electron chi connectivity index (χ0n) is 24.2. The van der Waals surface area contributed by atoms with E-state index in [9.17, 15) is 14.4 Å². The van der Waals surface area contributed by atoms with Gasteiger partial charge in [-0.15, -0.1) is 0 Å². The molecule has 4 amide bonds. The first-order chi connectivity index (χ1) is 19.2. The Bertz CT molecular complexity index is 1320. The van der Waals surface area contributed by atoms with Crippen molar-refractivity contribution in [3.63, 3.8) is 0 Å². The highest BCUT2D eigenvalue weighted by atomic mass is 16.2. The number of likely N-dealkylation sites (tertiary alicyclic amines) is 1. The number of nitrogens with zero attached hydrogens (tertiary/aromatic N) is 3. The molecule has 0 aliphatic carbocycles.